The maximum Gasteiger partial charge on any atom is 0.170 e. The highest BCUT2D eigenvalue weighted by molar-refractivity contribution is 8.01. The number of nitrogens with two attached hydrogens (primary N) is 1. The van der Waals surface area contributed by atoms with E-state index >= 15 is 0 Å². The maximum atomic E-state index is 5.99. The summed E-state index contributed by atoms with van der Waals surface area (Å²) < 4.78 is 6.70. The van der Waals surface area contributed by atoms with Gasteiger partial charge in [0.25, 0.3) is 0 Å². The van der Waals surface area contributed by atoms with Crippen molar-refractivity contribution in [1.29, 1.82) is 0 Å². The van der Waals surface area contributed by atoms with E-state index in [9.17, 15) is 0 Å². The van der Waals surface area contributed by atoms with Gasteiger partial charge in [0.1, 0.15) is 6.33 Å². The Hall–Kier alpha value is -0.920. The molecule has 2 unspecified atom stereocenters. The molecule has 0 fully saturated rings. The fourth-order valence-electron chi connectivity index (χ4n) is 1.39. The lowest BCUT2D eigenvalue weighted by Gasteiger charge is -2.16. The van der Waals surface area contributed by atoms with Crippen LogP contribution < -0.4 is 5.73 Å². The third-order valence-electron chi connectivity index (χ3n) is 2.10. The van der Waals surface area contributed by atoms with E-state index in [2.05, 4.69) is 14.5 Å². The molecule has 0 aliphatic carbocycles. The average molecular weight is 255 g/mol. The quantitative estimate of drug-likeness (QED) is 0.837. The van der Waals surface area contributed by atoms with Crippen molar-refractivity contribution in [1.82, 2.24) is 19.1 Å². The largest absolute Gasteiger partial charge is 0.327 e. The van der Waals surface area contributed by atoms with Crippen LogP contribution >= 0.6 is 23.3 Å². The number of rotatable bonds is 4. The number of aryl methyl sites for hydroxylation is 1. The van der Waals surface area contributed by atoms with Crippen LogP contribution in [0.2, 0.25) is 0 Å². The molecule has 2 aromatic rings. The molecule has 0 amide bonds. The smallest absolute Gasteiger partial charge is 0.170 e. The molecular formula is C9H13N5S2. The van der Waals surface area contributed by atoms with Gasteiger partial charge in [-0.1, -0.05) is 11.8 Å². The molecule has 0 spiro atoms. The molecule has 16 heavy (non-hydrogen) atoms. The molecule has 2 N–H and O–H groups in total. The minimum Gasteiger partial charge on any atom is -0.327 e. The average Bonchev–Trinajstić information content (AvgIpc) is 2.84. The third-order valence-corrected chi connectivity index (χ3v) is 4.34. The molecule has 0 aromatic carbocycles. The first kappa shape index (κ1) is 11.6. The number of nitrogens with zero attached hydrogens (tertiary/aromatic N) is 4. The third kappa shape index (κ3) is 2.60. The van der Waals surface area contributed by atoms with E-state index in [0.717, 1.165) is 9.90 Å². The Labute approximate surface area is 102 Å². The summed E-state index contributed by atoms with van der Waals surface area (Å²) in [5, 5.41) is 4.33. The molecule has 0 aliphatic heterocycles. The van der Waals surface area contributed by atoms with Gasteiger partial charge in [-0.3, -0.25) is 4.68 Å². The number of hydrogen-bond donors (Lipinski definition) is 1. The van der Waals surface area contributed by atoms with Crippen LogP contribution in [0.3, 0.4) is 0 Å². The number of hydrogen-bond acceptors (Lipinski definition) is 6. The first-order valence-corrected chi connectivity index (χ1v) is 6.49. The van der Waals surface area contributed by atoms with Crippen LogP contribution in [0.15, 0.2) is 23.1 Å². The topological polar surface area (TPSA) is 69.6 Å². The van der Waals surface area contributed by atoms with Crippen molar-refractivity contribution >= 4 is 23.3 Å². The summed E-state index contributed by atoms with van der Waals surface area (Å²) in [6.07, 6.45) is 5.40. The zero-order valence-electron chi connectivity index (χ0n) is 9.07. The van der Waals surface area contributed by atoms with Gasteiger partial charge < -0.3 is 5.73 Å². The van der Waals surface area contributed by atoms with Crippen LogP contribution in [0.4, 0.5) is 0 Å². The van der Waals surface area contributed by atoms with Gasteiger partial charge in [-0.05, 0) is 18.5 Å². The fraction of sp³-hybridized carbons (Fsp3) is 0.444. The second-order valence-electron chi connectivity index (χ2n) is 3.55. The lowest BCUT2D eigenvalue weighted by molar-refractivity contribution is 0.718. The second kappa shape index (κ2) is 4.94. The van der Waals surface area contributed by atoms with Gasteiger partial charge in [0, 0.05) is 24.8 Å². The highest BCUT2D eigenvalue weighted by atomic mass is 32.2. The van der Waals surface area contributed by atoms with Crippen molar-refractivity contribution in [3.05, 3.63) is 24.3 Å². The molecule has 0 radical (unpaired) electrons. The molecule has 0 bridgehead atoms. The van der Waals surface area contributed by atoms with E-state index in [1.54, 1.807) is 22.8 Å². The minimum atomic E-state index is 0.0399. The summed E-state index contributed by atoms with van der Waals surface area (Å²) in [4.78, 5) is 4.16. The van der Waals surface area contributed by atoms with E-state index < -0.39 is 0 Å². The maximum absolute atomic E-state index is 5.99. The summed E-state index contributed by atoms with van der Waals surface area (Å²) in [5.41, 5.74) is 7.12. The van der Waals surface area contributed by atoms with E-state index in [1.165, 1.54) is 11.5 Å². The van der Waals surface area contributed by atoms with Crippen molar-refractivity contribution in [2.45, 2.75) is 22.6 Å². The van der Waals surface area contributed by atoms with Crippen LogP contribution in [0, 0.1) is 0 Å². The van der Waals surface area contributed by atoms with Crippen molar-refractivity contribution in [2.75, 3.05) is 0 Å². The Bertz CT molecular complexity index is 436. The Balaban J connectivity index is 2.18. The first-order valence-electron chi connectivity index (χ1n) is 4.84. The Kier molecular flexibility index (Phi) is 3.57. The van der Waals surface area contributed by atoms with Gasteiger partial charge in [0.15, 0.2) is 4.34 Å². The van der Waals surface area contributed by atoms with Gasteiger partial charge in [-0.15, -0.1) is 0 Å². The normalized spacial score (nSPS) is 14.9. The van der Waals surface area contributed by atoms with Crippen LogP contribution in [0.1, 0.15) is 17.7 Å². The fourth-order valence-corrected chi connectivity index (χ4v) is 3.08. The standard InChI is InChI=1S/C9H13N5S2/c1-6(10)8(7-3-12-14(2)4-7)15-9-11-5-13-16-9/h3-6,8H,10H2,1-2H3. The zero-order valence-corrected chi connectivity index (χ0v) is 10.7. The summed E-state index contributed by atoms with van der Waals surface area (Å²) in [7, 11) is 1.90. The monoisotopic (exact) mass is 255 g/mol. The van der Waals surface area contributed by atoms with E-state index in [1.807, 2.05) is 26.4 Å². The van der Waals surface area contributed by atoms with Gasteiger partial charge in [0.05, 0.1) is 11.4 Å². The van der Waals surface area contributed by atoms with Crippen molar-refractivity contribution in [3.8, 4) is 0 Å². The molecular weight excluding hydrogens is 242 g/mol. The highest BCUT2D eigenvalue weighted by Crippen LogP contribution is 2.37. The second-order valence-corrected chi connectivity index (χ2v) is 5.72. The van der Waals surface area contributed by atoms with Crippen LogP contribution in [-0.2, 0) is 7.05 Å². The van der Waals surface area contributed by atoms with Crippen molar-refractivity contribution in [3.63, 3.8) is 0 Å². The summed E-state index contributed by atoms with van der Waals surface area (Å²) in [5.74, 6) is 0. The van der Waals surface area contributed by atoms with Crippen LogP contribution in [-0.4, -0.2) is 25.2 Å². The summed E-state index contributed by atoms with van der Waals surface area (Å²) in [6, 6.07) is 0.0399. The highest BCUT2D eigenvalue weighted by Gasteiger charge is 2.20. The molecule has 2 aromatic heterocycles. The van der Waals surface area contributed by atoms with Crippen molar-refractivity contribution in [2.24, 2.45) is 12.8 Å². The van der Waals surface area contributed by atoms with Gasteiger partial charge in [-0.25, -0.2) is 4.98 Å². The molecule has 86 valence electrons. The van der Waals surface area contributed by atoms with E-state index in [-0.39, 0.29) is 11.3 Å². The van der Waals surface area contributed by atoms with Gasteiger partial charge in [-0.2, -0.15) is 9.47 Å². The number of thioether (sulfide) groups is 1. The first-order chi connectivity index (χ1) is 7.66. The van der Waals surface area contributed by atoms with Crippen LogP contribution in [0.5, 0.6) is 0 Å². The molecule has 0 aliphatic rings. The summed E-state index contributed by atoms with van der Waals surface area (Å²) >= 11 is 3.03. The predicted octanol–water partition coefficient (Wildman–Crippen LogP) is 1.45. The zero-order chi connectivity index (χ0) is 11.5. The van der Waals surface area contributed by atoms with Crippen molar-refractivity contribution < 1.29 is 0 Å². The lowest BCUT2D eigenvalue weighted by Crippen LogP contribution is -2.22. The van der Waals surface area contributed by atoms with E-state index in [4.69, 9.17) is 5.73 Å². The minimum absolute atomic E-state index is 0.0399. The lowest BCUT2D eigenvalue weighted by atomic mass is 10.1. The molecule has 2 atom stereocenters. The Morgan fingerprint density at radius 2 is 2.38 bits per heavy atom. The Morgan fingerprint density at radius 3 is 2.88 bits per heavy atom. The molecule has 2 rings (SSSR count). The SMILES string of the molecule is CC(N)C(Sc1ncns1)c1cnn(C)c1. The number of aromatic nitrogens is 4. The molecule has 2 heterocycles. The molecule has 7 heteroatoms. The molecule has 0 saturated carbocycles. The van der Waals surface area contributed by atoms with E-state index in [0.29, 0.717) is 0 Å². The predicted molar refractivity (Wildman–Crippen MR) is 65.4 cm³/mol. The van der Waals surface area contributed by atoms with Crippen LogP contribution in [0.25, 0.3) is 0 Å². The van der Waals surface area contributed by atoms with Gasteiger partial charge in [0.2, 0.25) is 0 Å². The molecule has 0 saturated heterocycles. The van der Waals surface area contributed by atoms with Gasteiger partial charge >= 0.3 is 0 Å². The Morgan fingerprint density at radius 1 is 1.56 bits per heavy atom. The molecule has 5 nitrogen and oxygen atoms in total. The summed E-state index contributed by atoms with van der Waals surface area (Å²) in [6.45, 7) is 1.99.